The third-order valence-electron chi connectivity index (χ3n) is 13.8. The molecule has 1 unspecified atom stereocenters. The highest BCUT2D eigenvalue weighted by Crippen LogP contribution is 2.17. The van der Waals surface area contributed by atoms with Gasteiger partial charge in [-0.2, -0.15) is 0 Å². The van der Waals surface area contributed by atoms with Crippen LogP contribution in [0.5, 0.6) is 0 Å². The second kappa shape index (κ2) is 63.9. The molecule has 0 aromatic rings. The minimum Gasteiger partial charge on any atom is -0.462 e. The molecule has 0 saturated carbocycles. The maximum atomic E-state index is 12.8. The summed E-state index contributed by atoms with van der Waals surface area (Å²) < 4.78 is 16.8. The van der Waals surface area contributed by atoms with E-state index in [4.69, 9.17) is 14.2 Å². The van der Waals surface area contributed by atoms with Crippen molar-refractivity contribution >= 4 is 17.9 Å². The zero-order valence-corrected chi connectivity index (χ0v) is 50.0. The molecule has 0 amide bonds. The van der Waals surface area contributed by atoms with E-state index in [1.807, 2.05) is 0 Å². The molecule has 0 spiro atoms. The standard InChI is InChI=1S/C70H120O6/c1-4-7-10-13-16-19-22-24-25-26-27-28-29-30-31-32-33-34-35-36-37-38-39-40-41-42-43-44-45-47-48-51-54-57-60-63-69(72)75-66-67(65-74-68(71)62-59-56-53-50-21-18-15-12-9-6-3)76-70(73)64-61-58-55-52-49-46-23-20-17-14-11-8-5-2/h7-8,10-12,15-17,19-20,24-25,27-28,46,49,67H,4-6,9,13-14,18,21-23,26,29-45,47-48,50-66H2,1-3H3/b10-7-,11-8-,15-12-,19-16-,20-17-,25-24-,28-27-,49-46-. The topological polar surface area (TPSA) is 78.9 Å². The normalized spacial score (nSPS) is 12.7. The van der Waals surface area contributed by atoms with Gasteiger partial charge in [-0.15, -0.1) is 0 Å². The lowest BCUT2D eigenvalue weighted by molar-refractivity contribution is -0.167. The molecule has 0 heterocycles. The molecule has 0 bridgehead atoms. The van der Waals surface area contributed by atoms with Crippen molar-refractivity contribution in [3.8, 4) is 0 Å². The molecule has 0 aliphatic rings. The molecule has 0 aliphatic heterocycles. The van der Waals surface area contributed by atoms with Gasteiger partial charge in [0.15, 0.2) is 6.10 Å². The van der Waals surface area contributed by atoms with Gasteiger partial charge in [0.1, 0.15) is 13.2 Å². The fourth-order valence-corrected chi connectivity index (χ4v) is 9.04. The van der Waals surface area contributed by atoms with Crippen LogP contribution >= 0.6 is 0 Å². The average Bonchev–Trinajstić information content (AvgIpc) is 3.42. The lowest BCUT2D eigenvalue weighted by atomic mass is 10.0. The van der Waals surface area contributed by atoms with Crippen LogP contribution in [0.15, 0.2) is 97.2 Å². The molecule has 0 aromatic carbocycles. The van der Waals surface area contributed by atoms with Crippen molar-refractivity contribution in [3.05, 3.63) is 97.2 Å². The minimum absolute atomic E-state index is 0.0887. The molecule has 0 saturated heterocycles. The Morgan fingerprint density at radius 3 is 0.829 bits per heavy atom. The highest BCUT2D eigenvalue weighted by atomic mass is 16.6. The number of ether oxygens (including phenoxy) is 3. The van der Waals surface area contributed by atoms with Gasteiger partial charge in [-0.05, 0) is 109 Å². The van der Waals surface area contributed by atoms with Crippen LogP contribution in [0.2, 0.25) is 0 Å². The first-order chi connectivity index (χ1) is 37.5. The zero-order chi connectivity index (χ0) is 55.0. The molecule has 76 heavy (non-hydrogen) atoms. The summed E-state index contributed by atoms with van der Waals surface area (Å²) in [7, 11) is 0. The first-order valence-corrected chi connectivity index (χ1v) is 32.2. The molecule has 6 nitrogen and oxygen atoms in total. The summed E-state index contributed by atoms with van der Waals surface area (Å²) in [5.74, 6) is -0.922. The minimum atomic E-state index is -0.793. The summed E-state index contributed by atoms with van der Waals surface area (Å²) in [6, 6.07) is 0. The van der Waals surface area contributed by atoms with Gasteiger partial charge in [-0.3, -0.25) is 14.4 Å². The summed E-state index contributed by atoms with van der Waals surface area (Å²) >= 11 is 0. The number of hydrogen-bond donors (Lipinski definition) is 0. The lowest BCUT2D eigenvalue weighted by Crippen LogP contribution is -2.30. The van der Waals surface area contributed by atoms with E-state index in [-0.39, 0.29) is 31.1 Å². The molecular weight excluding hydrogens is 937 g/mol. The SMILES string of the molecule is CC/C=C\C/C=C\C/C=C\C/C=C\CCCCCCCCCCCCCCCCCCCCCCCCC(=O)OCC(COC(=O)CCCCCCC/C=C\CCC)OC(=O)CCCCC/C=C\C/C=C\C/C=C\CC. The monoisotopic (exact) mass is 1060 g/mol. The Labute approximate surface area is 470 Å². The number of allylic oxidation sites excluding steroid dienone is 16. The summed E-state index contributed by atoms with van der Waals surface area (Å²) in [4.78, 5) is 38.1. The summed E-state index contributed by atoms with van der Waals surface area (Å²) in [5, 5.41) is 0. The second-order valence-corrected chi connectivity index (χ2v) is 21.3. The van der Waals surface area contributed by atoms with E-state index in [0.717, 1.165) is 128 Å². The molecule has 0 N–H and O–H groups in total. The number of carbonyl (C=O) groups excluding carboxylic acids is 3. The van der Waals surface area contributed by atoms with Gasteiger partial charge in [0, 0.05) is 19.3 Å². The van der Waals surface area contributed by atoms with E-state index in [2.05, 4.69) is 118 Å². The molecule has 0 aliphatic carbocycles. The molecule has 0 aromatic heterocycles. The second-order valence-electron chi connectivity index (χ2n) is 21.3. The van der Waals surface area contributed by atoms with Gasteiger partial charge >= 0.3 is 17.9 Å². The highest BCUT2D eigenvalue weighted by molar-refractivity contribution is 5.71. The maximum Gasteiger partial charge on any atom is 0.306 e. The van der Waals surface area contributed by atoms with Crippen LogP contribution in [-0.2, 0) is 28.6 Å². The molecule has 6 heteroatoms. The van der Waals surface area contributed by atoms with Gasteiger partial charge < -0.3 is 14.2 Å². The molecule has 0 rings (SSSR count). The van der Waals surface area contributed by atoms with Crippen LogP contribution in [0.1, 0.15) is 310 Å². The molecule has 1 atom stereocenters. The van der Waals surface area contributed by atoms with Crippen LogP contribution in [0, 0.1) is 0 Å². The third kappa shape index (κ3) is 61.2. The molecule has 0 radical (unpaired) electrons. The smallest absolute Gasteiger partial charge is 0.306 e. The van der Waals surface area contributed by atoms with Gasteiger partial charge in [0.2, 0.25) is 0 Å². The fraction of sp³-hybridized carbons (Fsp3) is 0.729. The van der Waals surface area contributed by atoms with E-state index < -0.39 is 6.10 Å². The van der Waals surface area contributed by atoms with Crippen molar-refractivity contribution in [1.29, 1.82) is 0 Å². The zero-order valence-electron chi connectivity index (χ0n) is 50.0. The van der Waals surface area contributed by atoms with E-state index >= 15 is 0 Å². The Morgan fingerprint density at radius 2 is 0.513 bits per heavy atom. The number of esters is 3. The van der Waals surface area contributed by atoms with E-state index in [1.165, 1.54) is 141 Å². The number of hydrogen-bond acceptors (Lipinski definition) is 6. The maximum absolute atomic E-state index is 12.8. The third-order valence-corrected chi connectivity index (χ3v) is 13.8. The van der Waals surface area contributed by atoms with E-state index in [9.17, 15) is 14.4 Å². The predicted octanol–water partition coefficient (Wildman–Crippen LogP) is 22.0. The predicted molar refractivity (Wildman–Crippen MR) is 330 cm³/mol. The quantitative estimate of drug-likeness (QED) is 0.0261. The summed E-state index contributed by atoms with van der Waals surface area (Å²) in [5.41, 5.74) is 0. The van der Waals surface area contributed by atoms with E-state index in [1.54, 1.807) is 0 Å². The first kappa shape index (κ1) is 72.3. The van der Waals surface area contributed by atoms with Gasteiger partial charge in [0.05, 0.1) is 0 Å². The van der Waals surface area contributed by atoms with Crippen LogP contribution in [0.4, 0.5) is 0 Å². The Hall–Kier alpha value is -3.67. The van der Waals surface area contributed by atoms with Crippen LogP contribution in [-0.4, -0.2) is 37.2 Å². The summed E-state index contributed by atoms with van der Waals surface area (Å²) in [6.45, 7) is 6.33. The summed E-state index contributed by atoms with van der Waals surface area (Å²) in [6.07, 6.45) is 86.0. The Morgan fingerprint density at radius 1 is 0.276 bits per heavy atom. The van der Waals surface area contributed by atoms with Crippen molar-refractivity contribution in [2.24, 2.45) is 0 Å². The molecular formula is C70H120O6. The average molecular weight is 1060 g/mol. The Bertz CT molecular complexity index is 1490. The van der Waals surface area contributed by atoms with Gasteiger partial charge in [0.25, 0.3) is 0 Å². The van der Waals surface area contributed by atoms with Crippen molar-refractivity contribution in [1.82, 2.24) is 0 Å². The highest BCUT2D eigenvalue weighted by Gasteiger charge is 2.19. The van der Waals surface area contributed by atoms with Crippen molar-refractivity contribution in [3.63, 3.8) is 0 Å². The largest absolute Gasteiger partial charge is 0.462 e. The molecule has 436 valence electrons. The van der Waals surface area contributed by atoms with Crippen LogP contribution in [0.25, 0.3) is 0 Å². The number of unbranched alkanes of at least 4 members (excludes halogenated alkanes) is 31. The van der Waals surface area contributed by atoms with Gasteiger partial charge in [-0.25, -0.2) is 0 Å². The molecule has 0 fully saturated rings. The first-order valence-electron chi connectivity index (χ1n) is 32.2. The number of carbonyl (C=O) groups is 3. The Balaban J connectivity index is 4.01. The Kier molecular flexibility index (Phi) is 60.8. The van der Waals surface area contributed by atoms with Crippen molar-refractivity contribution < 1.29 is 28.6 Å². The van der Waals surface area contributed by atoms with E-state index in [0.29, 0.717) is 19.3 Å². The lowest BCUT2D eigenvalue weighted by Gasteiger charge is -2.18. The van der Waals surface area contributed by atoms with Crippen molar-refractivity contribution in [2.75, 3.05) is 13.2 Å². The van der Waals surface area contributed by atoms with Crippen LogP contribution in [0.3, 0.4) is 0 Å². The number of rotatable bonds is 58. The van der Waals surface area contributed by atoms with Crippen molar-refractivity contribution in [2.45, 2.75) is 316 Å². The fourth-order valence-electron chi connectivity index (χ4n) is 9.04. The van der Waals surface area contributed by atoms with Crippen LogP contribution < -0.4 is 0 Å². The van der Waals surface area contributed by atoms with Gasteiger partial charge in [-0.1, -0.05) is 279 Å².